The van der Waals surface area contributed by atoms with E-state index in [1.54, 1.807) is 6.33 Å². The Morgan fingerprint density at radius 1 is 1.09 bits per heavy atom. The number of anilines is 1. The number of aromatic amines is 1. The van der Waals surface area contributed by atoms with Gasteiger partial charge in [0, 0.05) is 18.2 Å². The number of ether oxygens (including phenoxy) is 2. The Hall–Kier alpha value is -3.87. The lowest BCUT2D eigenvalue weighted by Gasteiger charge is -2.15. The van der Waals surface area contributed by atoms with Crippen LogP contribution in [0.25, 0.3) is 22.3 Å². The summed E-state index contributed by atoms with van der Waals surface area (Å²) >= 11 is 0. The summed E-state index contributed by atoms with van der Waals surface area (Å²) in [5, 5.41) is 4.43. The Kier molecular flexibility index (Phi) is 6.65. The molecular weight excluding hydrogens is 404 g/mol. The van der Waals surface area contributed by atoms with Crippen molar-refractivity contribution in [3.05, 3.63) is 72.6 Å². The van der Waals surface area contributed by atoms with E-state index in [9.17, 15) is 4.79 Å². The van der Waals surface area contributed by atoms with E-state index >= 15 is 0 Å². The van der Waals surface area contributed by atoms with E-state index < -0.39 is 0 Å². The highest BCUT2D eigenvalue weighted by atomic mass is 16.5. The van der Waals surface area contributed by atoms with E-state index in [-0.39, 0.29) is 12.0 Å². The predicted molar refractivity (Wildman–Crippen MR) is 125 cm³/mol. The van der Waals surface area contributed by atoms with Gasteiger partial charge in [-0.1, -0.05) is 30.3 Å². The average Bonchev–Trinajstić information content (AvgIpc) is 3.28. The zero-order valence-corrected chi connectivity index (χ0v) is 18.2. The molecule has 7 nitrogen and oxygen atoms in total. The third kappa shape index (κ3) is 5.06. The Balaban J connectivity index is 1.46. The van der Waals surface area contributed by atoms with Crippen LogP contribution in [-0.4, -0.2) is 34.6 Å². The summed E-state index contributed by atoms with van der Waals surface area (Å²) in [4.78, 5) is 23.4. The van der Waals surface area contributed by atoms with Crippen molar-refractivity contribution in [2.45, 2.75) is 25.8 Å². The summed E-state index contributed by atoms with van der Waals surface area (Å²) in [6, 6.07) is 20.3. The van der Waals surface area contributed by atoms with Crippen LogP contribution in [0.5, 0.6) is 5.75 Å². The van der Waals surface area contributed by atoms with Crippen LogP contribution in [0.2, 0.25) is 0 Å². The molecule has 0 amide bonds. The lowest BCUT2D eigenvalue weighted by atomic mass is 10.1. The van der Waals surface area contributed by atoms with E-state index in [1.807, 2.05) is 42.5 Å². The highest BCUT2D eigenvalue weighted by molar-refractivity contribution is 5.91. The minimum absolute atomic E-state index is 0.114. The normalized spacial score (nSPS) is 11.8. The molecule has 4 rings (SSSR count). The maximum Gasteiger partial charge on any atom is 0.305 e. The smallest absolute Gasteiger partial charge is 0.305 e. The van der Waals surface area contributed by atoms with Gasteiger partial charge in [0.05, 0.1) is 19.1 Å². The number of methoxy groups -OCH3 is 1. The average molecular weight is 431 g/mol. The van der Waals surface area contributed by atoms with Crippen molar-refractivity contribution >= 4 is 22.8 Å². The minimum Gasteiger partial charge on any atom is -0.494 e. The minimum atomic E-state index is -0.224. The van der Waals surface area contributed by atoms with Crippen LogP contribution in [-0.2, 0) is 9.53 Å². The molecule has 0 aliphatic heterocycles. The third-order valence-electron chi connectivity index (χ3n) is 5.27. The number of fused-ring (bicyclic) bond motifs is 1. The molecule has 0 fully saturated rings. The van der Waals surface area contributed by atoms with Gasteiger partial charge in [0.15, 0.2) is 0 Å². The molecule has 0 saturated heterocycles. The van der Waals surface area contributed by atoms with Crippen molar-refractivity contribution in [2.24, 2.45) is 0 Å². The molecule has 2 heterocycles. The zero-order valence-electron chi connectivity index (χ0n) is 18.2. The van der Waals surface area contributed by atoms with Crippen LogP contribution < -0.4 is 10.1 Å². The van der Waals surface area contributed by atoms with E-state index in [0.717, 1.165) is 33.9 Å². The summed E-state index contributed by atoms with van der Waals surface area (Å²) in [6.07, 6.45) is 2.53. The molecule has 4 aromatic rings. The van der Waals surface area contributed by atoms with Gasteiger partial charge in [0.1, 0.15) is 23.5 Å². The largest absolute Gasteiger partial charge is 0.494 e. The first-order valence-corrected chi connectivity index (χ1v) is 10.6. The number of aromatic nitrogens is 3. The van der Waals surface area contributed by atoms with Crippen LogP contribution in [0.1, 0.15) is 31.4 Å². The van der Waals surface area contributed by atoms with Crippen molar-refractivity contribution in [3.8, 4) is 17.0 Å². The highest BCUT2D eigenvalue weighted by Crippen LogP contribution is 2.29. The molecule has 2 aromatic heterocycles. The van der Waals surface area contributed by atoms with Crippen molar-refractivity contribution in [3.63, 3.8) is 0 Å². The summed E-state index contributed by atoms with van der Waals surface area (Å²) < 4.78 is 10.3. The SMILES string of the molecule is COC(=O)CCCOc1ccc(-c2cc3c(NC(C)c4ccccc4)ncnc3[nH]2)cc1. The van der Waals surface area contributed by atoms with Crippen LogP contribution in [0.4, 0.5) is 5.82 Å². The molecule has 0 radical (unpaired) electrons. The van der Waals surface area contributed by atoms with Crippen molar-refractivity contribution < 1.29 is 14.3 Å². The molecule has 0 spiro atoms. The number of benzene rings is 2. The molecular formula is C25H26N4O3. The van der Waals surface area contributed by atoms with E-state index in [0.29, 0.717) is 19.4 Å². The molecule has 0 saturated carbocycles. The lowest BCUT2D eigenvalue weighted by Crippen LogP contribution is -2.08. The van der Waals surface area contributed by atoms with Gasteiger partial charge >= 0.3 is 5.97 Å². The van der Waals surface area contributed by atoms with Crippen molar-refractivity contribution in [2.75, 3.05) is 19.0 Å². The first kappa shape index (κ1) is 21.4. The van der Waals surface area contributed by atoms with Gasteiger partial charge in [-0.2, -0.15) is 0 Å². The number of carbonyl (C=O) groups is 1. The van der Waals surface area contributed by atoms with E-state index in [4.69, 9.17) is 4.74 Å². The maximum atomic E-state index is 11.2. The molecule has 0 bridgehead atoms. The fraction of sp³-hybridized carbons (Fsp3) is 0.240. The Morgan fingerprint density at radius 3 is 2.62 bits per heavy atom. The number of hydrogen-bond donors (Lipinski definition) is 2. The Labute approximate surface area is 186 Å². The maximum absolute atomic E-state index is 11.2. The second kappa shape index (κ2) is 9.96. The molecule has 32 heavy (non-hydrogen) atoms. The van der Waals surface area contributed by atoms with Crippen molar-refractivity contribution in [1.82, 2.24) is 15.0 Å². The summed E-state index contributed by atoms with van der Waals surface area (Å²) in [6.45, 7) is 2.58. The second-order valence-electron chi connectivity index (χ2n) is 7.50. The van der Waals surface area contributed by atoms with Gasteiger partial charge in [-0.05, 0) is 54.8 Å². The Morgan fingerprint density at radius 2 is 1.88 bits per heavy atom. The number of esters is 1. The van der Waals surface area contributed by atoms with Gasteiger partial charge < -0.3 is 19.8 Å². The van der Waals surface area contributed by atoms with Gasteiger partial charge in [-0.3, -0.25) is 4.79 Å². The molecule has 2 aromatic carbocycles. The number of H-pyrrole nitrogens is 1. The van der Waals surface area contributed by atoms with Crippen LogP contribution in [0.15, 0.2) is 67.0 Å². The molecule has 7 heteroatoms. The molecule has 1 unspecified atom stereocenters. The number of carbonyl (C=O) groups excluding carboxylic acids is 1. The predicted octanol–water partition coefficient (Wildman–Crippen LogP) is 5.13. The number of nitrogens with zero attached hydrogens (tertiary/aromatic N) is 2. The number of hydrogen-bond acceptors (Lipinski definition) is 6. The Bertz CT molecular complexity index is 1170. The first-order chi connectivity index (χ1) is 15.6. The fourth-order valence-electron chi connectivity index (χ4n) is 3.48. The molecule has 0 aliphatic carbocycles. The third-order valence-corrected chi connectivity index (χ3v) is 5.27. The number of rotatable bonds is 9. The van der Waals surface area contributed by atoms with Crippen molar-refractivity contribution in [1.29, 1.82) is 0 Å². The van der Waals surface area contributed by atoms with Gasteiger partial charge in [-0.25, -0.2) is 9.97 Å². The van der Waals surface area contributed by atoms with Gasteiger partial charge in [-0.15, -0.1) is 0 Å². The number of nitrogens with one attached hydrogen (secondary N) is 2. The van der Waals surface area contributed by atoms with E-state index in [2.05, 4.69) is 50.1 Å². The zero-order chi connectivity index (χ0) is 22.3. The molecule has 0 aliphatic rings. The second-order valence-corrected chi connectivity index (χ2v) is 7.50. The highest BCUT2D eigenvalue weighted by Gasteiger charge is 2.12. The standard InChI is InChI=1S/C25H26N4O3/c1-17(18-7-4-3-5-8-18)28-24-21-15-22(29-25(21)27-16-26-24)19-10-12-20(13-11-19)32-14-6-9-23(30)31-2/h3-5,7-8,10-13,15-17H,6,9,14H2,1-2H3,(H2,26,27,28,29). The topological polar surface area (TPSA) is 89.1 Å². The lowest BCUT2D eigenvalue weighted by molar-refractivity contribution is -0.140. The van der Waals surface area contributed by atoms with Crippen LogP contribution >= 0.6 is 0 Å². The van der Waals surface area contributed by atoms with Gasteiger partial charge in [0.25, 0.3) is 0 Å². The monoisotopic (exact) mass is 430 g/mol. The van der Waals surface area contributed by atoms with Crippen LogP contribution in [0, 0.1) is 0 Å². The van der Waals surface area contributed by atoms with Gasteiger partial charge in [0.2, 0.25) is 0 Å². The molecule has 164 valence electrons. The summed E-state index contributed by atoms with van der Waals surface area (Å²) in [5.41, 5.74) is 3.94. The summed E-state index contributed by atoms with van der Waals surface area (Å²) in [7, 11) is 1.39. The fourth-order valence-corrected chi connectivity index (χ4v) is 3.48. The first-order valence-electron chi connectivity index (χ1n) is 10.6. The van der Waals surface area contributed by atoms with Crippen LogP contribution in [0.3, 0.4) is 0 Å². The molecule has 2 N–H and O–H groups in total. The quantitative estimate of drug-likeness (QED) is 0.283. The molecule has 1 atom stereocenters. The van der Waals surface area contributed by atoms with E-state index in [1.165, 1.54) is 12.7 Å². The summed E-state index contributed by atoms with van der Waals surface area (Å²) in [5.74, 6) is 1.32.